The molecule has 0 aromatic heterocycles. The Morgan fingerprint density at radius 3 is 1.52 bits per heavy atom. The maximum Gasteiger partial charge on any atom is 0.338 e. The second-order valence-corrected chi connectivity index (χ2v) is 8.21. The van der Waals surface area contributed by atoms with Crippen molar-refractivity contribution in [3.8, 4) is 0 Å². The van der Waals surface area contributed by atoms with Gasteiger partial charge >= 0.3 is 11.9 Å². The van der Waals surface area contributed by atoms with Gasteiger partial charge in [-0.2, -0.15) is 0 Å². The summed E-state index contributed by atoms with van der Waals surface area (Å²) in [5.74, 6) is -1.31. The molecule has 1 aliphatic carbocycles. The van der Waals surface area contributed by atoms with Crippen molar-refractivity contribution in [1.29, 1.82) is 0 Å². The second-order valence-electron chi connectivity index (χ2n) is 7.33. The predicted octanol–water partition coefficient (Wildman–Crippen LogP) is 2.59. The Morgan fingerprint density at radius 2 is 1.10 bits per heavy atom. The van der Waals surface area contributed by atoms with E-state index in [1.54, 1.807) is 24.3 Å². The molecule has 2 aromatic rings. The van der Waals surface area contributed by atoms with Crippen LogP contribution in [0, 0.1) is 0 Å². The van der Waals surface area contributed by atoms with Crippen LogP contribution in [0.25, 0.3) is 0 Å². The highest BCUT2D eigenvalue weighted by Gasteiger charge is 2.64. The van der Waals surface area contributed by atoms with Gasteiger partial charge in [-0.15, -0.1) is 0 Å². The average Bonchev–Trinajstić information content (AvgIpc) is 2.76. The molecule has 1 saturated carbocycles. The maximum atomic E-state index is 12.6. The number of carbonyl (C=O) groups excluding carboxylic acids is 2. The van der Waals surface area contributed by atoms with Gasteiger partial charge in [0.2, 0.25) is 0 Å². The van der Waals surface area contributed by atoms with E-state index in [2.05, 4.69) is 0 Å². The van der Waals surface area contributed by atoms with Gasteiger partial charge in [-0.3, -0.25) is 0 Å². The lowest BCUT2D eigenvalue weighted by Gasteiger charge is -2.56. The summed E-state index contributed by atoms with van der Waals surface area (Å²) in [5.41, 5.74) is 0.525. The van der Waals surface area contributed by atoms with E-state index in [0.717, 1.165) is 0 Å². The summed E-state index contributed by atoms with van der Waals surface area (Å²) in [7, 11) is 0. The number of hydrogen-bond donors (Lipinski definition) is 1. The molecule has 10 heteroatoms. The number of rotatable bonds is 4. The number of benzene rings is 2. The van der Waals surface area contributed by atoms with Gasteiger partial charge < -0.3 is 28.8 Å². The van der Waals surface area contributed by atoms with Crippen molar-refractivity contribution in [3.05, 3.63) is 69.7 Å². The smallest absolute Gasteiger partial charge is 0.338 e. The van der Waals surface area contributed by atoms with Crippen LogP contribution in [0.5, 0.6) is 0 Å². The molecule has 7 atom stereocenters. The zero-order chi connectivity index (χ0) is 21.7. The number of aliphatic hydroxyl groups excluding tert-OH is 1. The Morgan fingerprint density at radius 1 is 0.710 bits per heavy atom. The molecule has 3 saturated heterocycles. The van der Waals surface area contributed by atoms with Crippen molar-refractivity contribution in [3.63, 3.8) is 0 Å². The van der Waals surface area contributed by atoms with Crippen molar-refractivity contribution in [2.75, 3.05) is 0 Å². The minimum absolute atomic E-state index is 0.263. The number of esters is 2. The fourth-order valence-corrected chi connectivity index (χ4v) is 4.16. The summed E-state index contributed by atoms with van der Waals surface area (Å²) in [6.07, 6.45) is -5.87. The first-order valence-corrected chi connectivity index (χ1v) is 10.2. The van der Waals surface area contributed by atoms with Gasteiger partial charge in [0.15, 0.2) is 12.2 Å². The summed E-state index contributed by atoms with van der Waals surface area (Å²) in [5, 5.41) is 11.6. The molecular formula is C21H16Cl2O8. The van der Waals surface area contributed by atoms with E-state index in [-0.39, 0.29) is 11.1 Å². The summed E-state index contributed by atoms with van der Waals surface area (Å²) in [4.78, 5) is 25.3. The maximum absolute atomic E-state index is 12.6. The van der Waals surface area contributed by atoms with Crippen LogP contribution in [0.4, 0.5) is 0 Å². The average molecular weight is 467 g/mol. The number of aliphatic hydroxyl groups is 1. The molecule has 4 fully saturated rings. The van der Waals surface area contributed by atoms with Crippen LogP contribution >= 0.6 is 23.2 Å². The molecular weight excluding hydrogens is 451 g/mol. The highest BCUT2D eigenvalue weighted by molar-refractivity contribution is 6.31. The minimum atomic E-state index is -1.19. The van der Waals surface area contributed by atoms with Gasteiger partial charge in [0.25, 0.3) is 6.48 Å². The van der Waals surface area contributed by atoms with Crippen LogP contribution in [0.1, 0.15) is 20.7 Å². The van der Waals surface area contributed by atoms with Crippen LogP contribution in [-0.4, -0.2) is 60.1 Å². The molecule has 6 rings (SSSR count). The van der Waals surface area contributed by atoms with Crippen molar-refractivity contribution in [2.24, 2.45) is 0 Å². The molecule has 8 nitrogen and oxygen atoms in total. The summed E-state index contributed by atoms with van der Waals surface area (Å²) >= 11 is 11.7. The first kappa shape index (κ1) is 20.7. The van der Waals surface area contributed by atoms with Crippen LogP contribution in [-0.2, 0) is 23.7 Å². The number of carbonyl (C=O) groups is 2. The molecule has 4 aliphatic rings. The molecule has 1 N–H and O–H groups in total. The quantitative estimate of drug-likeness (QED) is 0.686. The molecule has 31 heavy (non-hydrogen) atoms. The van der Waals surface area contributed by atoms with Gasteiger partial charge in [-0.05, 0) is 48.5 Å². The van der Waals surface area contributed by atoms with E-state index < -0.39 is 55.0 Å². The summed E-state index contributed by atoms with van der Waals surface area (Å²) < 4.78 is 27.9. The van der Waals surface area contributed by atoms with Crippen LogP contribution in [0.3, 0.4) is 0 Å². The Hall–Kier alpha value is -2.20. The zero-order valence-electron chi connectivity index (χ0n) is 15.7. The topological polar surface area (TPSA) is 101 Å². The molecule has 162 valence electrons. The Kier molecular flexibility index (Phi) is 5.37. The second kappa shape index (κ2) is 8.05. The number of ether oxygens (including phenoxy) is 5. The van der Waals surface area contributed by atoms with Crippen LogP contribution < -0.4 is 0 Å². The van der Waals surface area contributed by atoms with E-state index in [4.69, 9.17) is 46.9 Å². The fraction of sp³-hybridized carbons (Fsp3) is 0.333. The predicted molar refractivity (Wildman–Crippen MR) is 106 cm³/mol. The van der Waals surface area contributed by atoms with Gasteiger partial charge in [-0.1, -0.05) is 23.2 Å². The third-order valence-electron chi connectivity index (χ3n) is 5.42. The highest BCUT2D eigenvalue weighted by Crippen LogP contribution is 2.42. The lowest BCUT2D eigenvalue weighted by Crippen LogP contribution is -2.76. The number of hydrogen-bond acceptors (Lipinski definition) is 8. The lowest BCUT2D eigenvalue weighted by molar-refractivity contribution is -0.479. The molecule has 0 amide bonds. The standard InChI is InChI=1S/C21H16Cl2O8/c22-11-5-1-9(2-6-11)19(25)27-16-14-13(24)15-17(18(16)31-21(29-14)30-15)28-20(26)10-3-7-12(23)8-4-10/h1-8,13-18,21,24H/t13?,14-,15+,16-,17-,18?,21?/m1/s1. The monoisotopic (exact) mass is 466 g/mol. The van der Waals surface area contributed by atoms with Gasteiger partial charge in [0.1, 0.15) is 24.4 Å². The van der Waals surface area contributed by atoms with E-state index in [9.17, 15) is 14.7 Å². The number of halogens is 2. The third-order valence-corrected chi connectivity index (χ3v) is 5.92. The summed E-state index contributed by atoms with van der Waals surface area (Å²) in [6, 6.07) is 12.3. The Balaban J connectivity index is 1.37. The Labute approximate surface area is 186 Å². The SMILES string of the molecule is O=C(O[C@H]1C2OC3O[C@@H]1C(O)[C@H](O3)[C@H]2OC(=O)c1ccc(Cl)cc1)c1ccc(Cl)cc1. The van der Waals surface area contributed by atoms with E-state index >= 15 is 0 Å². The molecule has 4 bridgehead atoms. The van der Waals surface area contributed by atoms with E-state index in [1.807, 2.05) is 0 Å². The molecule has 3 heterocycles. The van der Waals surface area contributed by atoms with Crippen LogP contribution in [0.2, 0.25) is 10.0 Å². The zero-order valence-corrected chi connectivity index (χ0v) is 17.2. The van der Waals surface area contributed by atoms with E-state index in [0.29, 0.717) is 10.0 Å². The molecule has 2 aromatic carbocycles. The molecule has 0 radical (unpaired) electrons. The van der Waals surface area contributed by atoms with Crippen LogP contribution in [0.15, 0.2) is 48.5 Å². The first-order valence-electron chi connectivity index (χ1n) is 9.48. The van der Waals surface area contributed by atoms with Gasteiger partial charge in [0.05, 0.1) is 11.1 Å². The van der Waals surface area contributed by atoms with Gasteiger partial charge in [-0.25, -0.2) is 9.59 Å². The minimum Gasteiger partial charge on any atom is -0.453 e. The van der Waals surface area contributed by atoms with Crippen molar-refractivity contribution >= 4 is 35.1 Å². The summed E-state index contributed by atoms with van der Waals surface area (Å²) in [6.45, 7) is -1.04. The first-order chi connectivity index (χ1) is 14.9. The van der Waals surface area contributed by atoms with Gasteiger partial charge in [0, 0.05) is 10.0 Å². The molecule has 3 unspecified atom stereocenters. The fourth-order valence-electron chi connectivity index (χ4n) is 3.91. The largest absolute Gasteiger partial charge is 0.453 e. The highest BCUT2D eigenvalue weighted by atomic mass is 35.5. The third kappa shape index (κ3) is 3.80. The molecule has 0 spiro atoms. The molecule has 3 aliphatic heterocycles. The van der Waals surface area contributed by atoms with E-state index in [1.165, 1.54) is 24.3 Å². The van der Waals surface area contributed by atoms with Crippen molar-refractivity contribution in [1.82, 2.24) is 0 Å². The van der Waals surface area contributed by atoms with Crippen molar-refractivity contribution in [2.45, 2.75) is 43.1 Å². The Bertz CT molecular complexity index is 918. The normalized spacial score (nSPS) is 33.2. The van der Waals surface area contributed by atoms with Crippen molar-refractivity contribution < 1.29 is 38.4 Å². The lowest BCUT2D eigenvalue weighted by atomic mass is 9.82.